The molecule has 5 nitrogen and oxygen atoms in total. The van der Waals surface area contributed by atoms with E-state index in [9.17, 15) is 9.18 Å². The Hall–Kier alpha value is -2.54. The van der Waals surface area contributed by atoms with Crippen LogP contribution in [-0.4, -0.2) is 21.1 Å². The topological polar surface area (TPSA) is 70.7 Å². The van der Waals surface area contributed by atoms with Crippen molar-refractivity contribution in [1.82, 2.24) is 15.2 Å². The van der Waals surface area contributed by atoms with Crippen LogP contribution in [0.3, 0.4) is 0 Å². The average Bonchev–Trinajstić information content (AvgIpc) is 3.10. The van der Waals surface area contributed by atoms with Crippen molar-refractivity contribution >= 4 is 22.9 Å². The van der Waals surface area contributed by atoms with Gasteiger partial charge in [0.25, 0.3) is 5.91 Å². The van der Waals surface area contributed by atoms with Crippen molar-refractivity contribution in [3.63, 3.8) is 0 Å². The van der Waals surface area contributed by atoms with E-state index in [4.69, 9.17) is 0 Å². The summed E-state index contributed by atoms with van der Waals surface area (Å²) in [4.78, 5) is 16.5. The zero-order valence-corrected chi connectivity index (χ0v) is 12.8. The highest BCUT2D eigenvalue weighted by atomic mass is 32.1. The summed E-state index contributed by atoms with van der Waals surface area (Å²) in [7, 11) is 0. The van der Waals surface area contributed by atoms with Crippen molar-refractivity contribution in [2.45, 2.75) is 13.8 Å². The Balaban J connectivity index is 1.85. The van der Waals surface area contributed by atoms with Gasteiger partial charge in [-0.15, -0.1) is 11.3 Å². The number of anilines is 1. The molecule has 0 fully saturated rings. The monoisotopic (exact) mass is 316 g/mol. The predicted octanol–water partition coefficient (Wildman–Crippen LogP) is 3.54. The second-order valence-electron chi connectivity index (χ2n) is 4.78. The fraction of sp³-hybridized carbons (Fsp3) is 0.133. The van der Waals surface area contributed by atoms with Crippen molar-refractivity contribution in [3.05, 3.63) is 52.5 Å². The molecule has 2 aromatic heterocycles. The SMILES string of the molecule is Cc1n[nH]c(C)c1NC(=O)c1csc(-c2ccccc2F)n1. The van der Waals surface area contributed by atoms with Crippen molar-refractivity contribution in [1.29, 1.82) is 0 Å². The number of hydrogen-bond acceptors (Lipinski definition) is 4. The van der Waals surface area contributed by atoms with Crippen molar-refractivity contribution in [3.8, 4) is 10.6 Å². The lowest BCUT2D eigenvalue weighted by Gasteiger charge is -2.02. The van der Waals surface area contributed by atoms with E-state index < -0.39 is 0 Å². The van der Waals surface area contributed by atoms with Gasteiger partial charge in [0, 0.05) is 10.9 Å². The summed E-state index contributed by atoms with van der Waals surface area (Å²) >= 11 is 1.23. The van der Waals surface area contributed by atoms with Crippen molar-refractivity contribution in [2.24, 2.45) is 0 Å². The highest BCUT2D eigenvalue weighted by molar-refractivity contribution is 7.13. The molecule has 0 radical (unpaired) electrons. The number of carbonyl (C=O) groups is 1. The van der Waals surface area contributed by atoms with Crippen LogP contribution in [0.4, 0.5) is 10.1 Å². The first-order valence-electron chi connectivity index (χ1n) is 6.59. The molecule has 0 atom stereocenters. The number of carbonyl (C=O) groups excluding carboxylic acids is 1. The van der Waals surface area contributed by atoms with E-state index in [0.29, 0.717) is 22.0 Å². The van der Waals surface area contributed by atoms with Gasteiger partial charge >= 0.3 is 0 Å². The van der Waals surface area contributed by atoms with Gasteiger partial charge in [0.1, 0.15) is 16.5 Å². The molecule has 2 heterocycles. The van der Waals surface area contributed by atoms with Crippen LogP contribution in [0.2, 0.25) is 0 Å². The smallest absolute Gasteiger partial charge is 0.275 e. The van der Waals surface area contributed by atoms with Crippen LogP contribution in [0, 0.1) is 19.7 Å². The third-order valence-electron chi connectivity index (χ3n) is 3.21. The second kappa shape index (κ2) is 5.69. The number of hydrogen-bond donors (Lipinski definition) is 2. The van der Waals surface area contributed by atoms with Crippen LogP contribution in [0.25, 0.3) is 10.6 Å². The number of aromatic nitrogens is 3. The Kier molecular flexibility index (Phi) is 3.72. The van der Waals surface area contributed by atoms with Gasteiger partial charge in [-0.3, -0.25) is 9.89 Å². The molecule has 0 bridgehead atoms. The van der Waals surface area contributed by atoms with E-state index in [2.05, 4.69) is 20.5 Å². The van der Waals surface area contributed by atoms with Crippen LogP contribution >= 0.6 is 11.3 Å². The van der Waals surface area contributed by atoms with E-state index in [0.717, 1.165) is 5.69 Å². The summed E-state index contributed by atoms with van der Waals surface area (Å²) in [5.74, 6) is -0.697. The minimum Gasteiger partial charge on any atom is -0.317 e. The van der Waals surface area contributed by atoms with Crippen LogP contribution in [0.1, 0.15) is 21.9 Å². The first-order valence-corrected chi connectivity index (χ1v) is 7.47. The highest BCUT2D eigenvalue weighted by Gasteiger charge is 2.16. The fourth-order valence-corrected chi connectivity index (χ4v) is 2.88. The Labute approximate surface area is 130 Å². The summed E-state index contributed by atoms with van der Waals surface area (Å²) in [6.45, 7) is 3.62. The molecule has 7 heteroatoms. The van der Waals surface area contributed by atoms with Crippen LogP contribution in [0.5, 0.6) is 0 Å². The van der Waals surface area contributed by atoms with Crippen LogP contribution < -0.4 is 5.32 Å². The molecular weight excluding hydrogens is 303 g/mol. The van der Waals surface area contributed by atoms with Gasteiger partial charge in [-0.1, -0.05) is 12.1 Å². The Morgan fingerprint density at radius 2 is 2.09 bits per heavy atom. The number of halogens is 1. The quantitative estimate of drug-likeness (QED) is 0.776. The lowest BCUT2D eigenvalue weighted by molar-refractivity contribution is 0.102. The van der Waals surface area contributed by atoms with Gasteiger partial charge < -0.3 is 5.32 Å². The zero-order chi connectivity index (χ0) is 15.7. The predicted molar refractivity (Wildman–Crippen MR) is 83.5 cm³/mol. The molecule has 0 saturated carbocycles. The minimum atomic E-state index is -0.356. The number of aromatic amines is 1. The molecule has 0 spiro atoms. The van der Waals surface area contributed by atoms with Crippen LogP contribution in [-0.2, 0) is 0 Å². The van der Waals surface area contributed by atoms with Gasteiger partial charge in [0.05, 0.1) is 17.1 Å². The standard InChI is InChI=1S/C15H13FN4OS/c1-8-13(9(2)20-19-8)18-14(21)12-7-22-15(17-12)10-5-3-4-6-11(10)16/h3-7H,1-2H3,(H,18,21)(H,19,20). The number of benzene rings is 1. The molecule has 0 aliphatic carbocycles. The summed E-state index contributed by atoms with van der Waals surface area (Å²) in [5.41, 5.74) is 2.77. The Bertz CT molecular complexity index is 820. The van der Waals surface area contributed by atoms with Gasteiger partial charge in [-0.2, -0.15) is 5.10 Å². The molecular formula is C15H13FN4OS. The summed E-state index contributed by atoms with van der Waals surface area (Å²) < 4.78 is 13.8. The van der Waals surface area contributed by atoms with E-state index >= 15 is 0 Å². The average molecular weight is 316 g/mol. The van der Waals surface area contributed by atoms with Crippen molar-refractivity contribution < 1.29 is 9.18 Å². The first kappa shape index (κ1) is 14.4. The summed E-state index contributed by atoms with van der Waals surface area (Å²) in [6, 6.07) is 6.36. The van der Waals surface area contributed by atoms with E-state index in [1.807, 2.05) is 6.92 Å². The number of rotatable bonds is 3. The minimum absolute atomic E-state index is 0.253. The third-order valence-corrected chi connectivity index (χ3v) is 4.08. The number of nitrogens with one attached hydrogen (secondary N) is 2. The van der Waals surface area contributed by atoms with Crippen LogP contribution in [0.15, 0.2) is 29.6 Å². The van der Waals surface area contributed by atoms with E-state index in [1.54, 1.807) is 30.5 Å². The van der Waals surface area contributed by atoms with Gasteiger partial charge in [-0.05, 0) is 26.0 Å². The molecule has 112 valence electrons. The number of amides is 1. The summed E-state index contributed by atoms with van der Waals surface area (Å²) in [6.07, 6.45) is 0. The molecule has 0 saturated heterocycles. The maximum absolute atomic E-state index is 13.8. The van der Waals surface area contributed by atoms with E-state index in [-0.39, 0.29) is 17.4 Å². The fourth-order valence-electron chi connectivity index (χ4n) is 2.05. The number of aryl methyl sites for hydroxylation is 2. The van der Waals surface area contributed by atoms with Gasteiger partial charge in [0.15, 0.2) is 0 Å². The second-order valence-corrected chi connectivity index (χ2v) is 5.64. The Morgan fingerprint density at radius 1 is 1.32 bits per heavy atom. The molecule has 0 aliphatic rings. The molecule has 22 heavy (non-hydrogen) atoms. The number of H-pyrrole nitrogens is 1. The van der Waals surface area contributed by atoms with Gasteiger partial charge in [-0.25, -0.2) is 9.37 Å². The van der Waals surface area contributed by atoms with Gasteiger partial charge in [0.2, 0.25) is 0 Å². The van der Waals surface area contributed by atoms with E-state index in [1.165, 1.54) is 17.4 Å². The number of thiazole rings is 1. The normalized spacial score (nSPS) is 10.7. The van der Waals surface area contributed by atoms with Crippen molar-refractivity contribution in [2.75, 3.05) is 5.32 Å². The molecule has 3 aromatic rings. The Morgan fingerprint density at radius 3 is 2.77 bits per heavy atom. The molecule has 2 N–H and O–H groups in total. The molecule has 1 amide bonds. The number of nitrogens with zero attached hydrogens (tertiary/aromatic N) is 2. The third kappa shape index (κ3) is 2.62. The zero-order valence-electron chi connectivity index (χ0n) is 12.0. The highest BCUT2D eigenvalue weighted by Crippen LogP contribution is 2.26. The maximum atomic E-state index is 13.8. The molecule has 0 unspecified atom stereocenters. The molecule has 0 aliphatic heterocycles. The maximum Gasteiger partial charge on any atom is 0.275 e. The summed E-state index contributed by atoms with van der Waals surface area (Å²) in [5, 5.41) is 11.7. The lowest BCUT2D eigenvalue weighted by atomic mass is 10.2. The largest absolute Gasteiger partial charge is 0.317 e. The molecule has 3 rings (SSSR count). The molecule has 1 aromatic carbocycles. The first-order chi connectivity index (χ1) is 10.6. The lowest BCUT2D eigenvalue weighted by Crippen LogP contribution is -2.13.